The SMILES string of the molecule is CCCNC(c1cncnc1)C(C)(C)OC. The van der Waals surface area contributed by atoms with Gasteiger partial charge >= 0.3 is 0 Å². The molecule has 0 spiro atoms. The predicted octanol–water partition coefficient (Wildman–Crippen LogP) is 1.94. The van der Waals surface area contributed by atoms with Crippen molar-refractivity contribution in [2.75, 3.05) is 13.7 Å². The molecule has 1 unspecified atom stereocenters. The molecule has 1 aromatic heterocycles. The van der Waals surface area contributed by atoms with E-state index in [9.17, 15) is 0 Å². The van der Waals surface area contributed by atoms with E-state index in [0.29, 0.717) is 0 Å². The number of nitrogens with zero attached hydrogens (tertiary/aromatic N) is 2. The van der Waals surface area contributed by atoms with Crippen LogP contribution < -0.4 is 5.32 Å². The summed E-state index contributed by atoms with van der Waals surface area (Å²) < 4.78 is 5.53. The predicted molar refractivity (Wildman–Crippen MR) is 64.2 cm³/mol. The summed E-state index contributed by atoms with van der Waals surface area (Å²) in [6, 6.07) is 0.110. The molecular formula is C12H21N3O. The first kappa shape index (κ1) is 13.1. The van der Waals surface area contributed by atoms with Crippen LogP contribution in [0.15, 0.2) is 18.7 Å². The molecule has 90 valence electrons. The molecule has 0 saturated carbocycles. The maximum absolute atomic E-state index is 5.53. The van der Waals surface area contributed by atoms with Crippen LogP contribution in [0.25, 0.3) is 0 Å². The van der Waals surface area contributed by atoms with Gasteiger partial charge in [-0.15, -0.1) is 0 Å². The molecule has 0 radical (unpaired) electrons. The molecule has 0 aliphatic heterocycles. The lowest BCUT2D eigenvalue weighted by Gasteiger charge is -2.33. The number of ether oxygens (including phenoxy) is 1. The van der Waals surface area contributed by atoms with Crippen molar-refractivity contribution in [3.8, 4) is 0 Å². The fraction of sp³-hybridized carbons (Fsp3) is 0.667. The first-order chi connectivity index (χ1) is 7.61. The van der Waals surface area contributed by atoms with E-state index < -0.39 is 0 Å². The van der Waals surface area contributed by atoms with Crippen molar-refractivity contribution in [2.24, 2.45) is 0 Å². The second-order valence-corrected chi connectivity index (χ2v) is 4.37. The van der Waals surface area contributed by atoms with Crippen molar-refractivity contribution < 1.29 is 4.74 Å². The molecule has 1 N–H and O–H groups in total. The van der Waals surface area contributed by atoms with Gasteiger partial charge in [-0.1, -0.05) is 6.92 Å². The first-order valence-corrected chi connectivity index (χ1v) is 5.65. The van der Waals surface area contributed by atoms with Crippen molar-refractivity contribution >= 4 is 0 Å². The maximum atomic E-state index is 5.53. The molecule has 1 heterocycles. The Morgan fingerprint density at radius 2 is 2.00 bits per heavy atom. The Kier molecular flexibility index (Phi) is 4.83. The summed E-state index contributed by atoms with van der Waals surface area (Å²) in [5, 5.41) is 3.47. The highest BCUT2D eigenvalue weighted by molar-refractivity contribution is 5.13. The van der Waals surface area contributed by atoms with Gasteiger partial charge in [-0.2, -0.15) is 0 Å². The van der Waals surface area contributed by atoms with Crippen molar-refractivity contribution in [3.63, 3.8) is 0 Å². The first-order valence-electron chi connectivity index (χ1n) is 5.65. The van der Waals surface area contributed by atoms with Crippen molar-refractivity contribution in [2.45, 2.75) is 38.8 Å². The third-order valence-corrected chi connectivity index (χ3v) is 2.73. The molecular weight excluding hydrogens is 202 g/mol. The summed E-state index contributed by atoms with van der Waals surface area (Å²) in [5.74, 6) is 0. The van der Waals surface area contributed by atoms with Gasteiger partial charge < -0.3 is 10.1 Å². The smallest absolute Gasteiger partial charge is 0.115 e. The van der Waals surface area contributed by atoms with Gasteiger partial charge in [0, 0.05) is 25.1 Å². The molecule has 0 aliphatic carbocycles. The van der Waals surface area contributed by atoms with Gasteiger partial charge in [-0.25, -0.2) is 9.97 Å². The number of hydrogen-bond donors (Lipinski definition) is 1. The molecule has 0 bridgehead atoms. The number of hydrogen-bond acceptors (Lipinski definition) is 4. The van der Waals surface area contributed by atoms with Gasteiger partial charge in [0.1, 0.15) is 6.33 Å². The number of rotatable bonds is 6. The maximum Gasteiger partial charge on any atom is 0.115 e. The van der Waals surface area contributed by atoms with E-state index in [1.165, 1.54) is 0 Å². The summed E-state index contributed by atoms with van der Waals surface area (Å²) >= 11 is 0. The second-order valence-electron chi connectivity index (χ2n) is 4.37. The molecule has 0 saturated heterocycles. The Labute approximate surface area is 97.5 Å². The Hall–Kier alpha value is -1.00. The quantitative estimate of drug-likeness (QED) is 0.800. The Morgan fingerprint density at radius 1 is 1.38 bits per heavy atom. The molecule has 1 atom stereocenters. The van der Waals surface area contributed by atoms with E-state index in [0.717, 1.165) is 18.5 Å². The van der Waals surface area contributed by atoms with Crippen LogP contribution in [0.3, 0.4) is 0 Å². The van der Waals surface area contributed by atoms with Gasteiger partial charge in [-0.3, -0.25) is 0 Å². The standard InChI is InChI=1S/C12H21N3O/c1-5-6-15-11(12(2,3)16-4)10-7-13-9-14-8-10/h7-9,11,15H,5-6H2,1-4H3. The van der Waals surface area contributed by atoms with Crippen LogP contribution in [0.1, 0.15) is 38.8 Å². The zero-order valence-electron chi connectivity index (χ0n) is 10.5. The van der Waals surface area contributed by atoms with Crippen LogP contribution in [0.2, 0.25) is 0 Å². The normalized spacial score (nSPS) is 13.8. The van der Waals surface area contributed by atoms with Gasteiger partial charge in [0.15, 0.2) is 0 Å². The van der Waals surface area contributed by atoms with Crippen molar-refractivity contribution in [3.05, 3.63) is 24.3 Å². The zero-order valence-corrected chi connectivity index (χ0v) is 10.5. The van der Waals surface area contributed by atoms with E-state index in [1.807, 2.05) is 12.4 Å². The minimum Gasteiger partial charge on any atom is -0.377 e. The van der Waals surface area contributed by atoms with Crippen LogP contribution in [0.4, 0.5) is 0 Å². The van der Waals surface area contributed by atoms with E-state index in [-0.39, 0.29) is 11.6 Å². The summed E-state index contributed by atoms with van der Waals surface area (Å²) in [4.78, 5) is 8.11. The lowest BCUT2D eigenvalue weighted by Crippen LogP contribution is -2.41. The Bertz CT molecular complexity index is 300. The van der Waals surface area contributed by atoms with Crippen LogP contribution in [-0.4, -0.2) is 29.2 Å². The molecule has 0 aromatic carbocycles. The van der Waals surface area contributed by atoms with E-state index in [4.69, 9.17) is 4.74 Å². The van der Waals surface area contributed by atoms with Crippen LogP contribution >= 0.6 is 0 Å². The van der Waals surface area contributed by atoms with E-state index in [1.54, 1.807) is 13.4 Å². The fourth-order valence-electron chi connectivity index (χ4n) is 1.63. The average Bonchev–Trinajstić information content (AvgIpc) is 2.31. The van der Waals surface area contributed by atoms with E-state index >= 15 is 0 Å². The number of aromatic nitrogens is 2. The summed E-state index contributed by atoms with van der Waals surface area (Å²) in [7, 11) is 1.73. The minimum atomic E-state index is -0.278. The van der Waals surface area contributed by atoms with Crippen molar-refractivity contribution in [1.82, 2.24) is 15.3 Å². The lowest BCUT2D eigenvalue weighted by atomic mass is 9.93. The topological polar surface area (TPSA) is 47.0 Å². The second kappa shape index (κ2) is 5.92. The summed E-state index contributed by atoms with van der Waals surface area (Å²) in [5.41, 5.74) is 0.780. The fourth-order valence-corrected chi connectivity index (χ4v) is 1.63. The van der Waals surface area contributed by atoms with Gasteiger partial charge in [0.25, 0.3) is 0 Å². The molecule has 16 heavy (non-hydrogen) atoms. The molecule has 4 heteroatoms. The van der Waals surface area contributed by atoms with Crippen molar-refractivity contribution in [1.29, 1.82) is 0 Å². The monoisotopic (exact) mass is 223 g/mol. The minimum absolute atomic E-state index is 0.110. The third-order valence-electron chi connectivity index (χ3n) is 2.73. The van der Waals surface area contributed by atoms with Crippen LogP contribution in [0.5, 0.6) is 0 Å². The Balaban J connectivity index is 2.87. The van der Waals surface area contributed by atoms with Gasteiger partial charge in [0.2, 0.25) is 0 Å². The molecule has 1 rings (SSSR count). The molecule has 4 nitrogen and oxygen atoms in total. The highest BCUT2D eigenvalue weighted by Gasteiger charge is 2.30. The average molecular weight is 223 g/mol. The molecule has 0 fully saturated rings. The zero-order chi connectivity index (χ0) is 12.0. The van der Waals surface area contributed by atoms with Crippen LogP contribution in [-0.2, 0) is 4.74 Å². The van der Waals surface area contributed by atoms with Crippen LogP contribution in [0, 0.1) is 0 Å². The van der Waals surface area contributed by atoms with Gasteiger partial charge in [-0.05, 0) is 26.8 Å². The third kappa shape index (κ3) is 3.25. The van der Waals surface area contributed by atoms with E-state index in [2.05, 4.69) is 36.1 Å². The number of nitrogens with one attached hydrogen (secondary N) is 1. The molecule has 1 aromatic rings. The Morgan fingerprint density at radius 3 is 2.50 bits per heavy atom. The lowest BCUT2D eigenvalue weighted by molar-refractivity contribution is -0.0112. The molecule has 0 amide bonds. The molecule has 0 aliphatic rings. The van der Waals surface area contributed by atoms with Gasteiger partial charge in [0.05, 0.1) is 11.6 Å². The highest BCUT2D eigenvalue weighted by atomic mass is 16.5. The summed E-state index contributed by atoms with van der Waals surface area (Å²) in [6.45, 7) is 7.22. The highest BCUT2D eigenvalue weighted by Crippen LogP contribution is 2.27. The number of methoxy groups -OCH3 is 1. The largest absolute Gasteiger partial charge is 0.377 e. The summed E-state index contributed by atoms with van der Waals surface area (Å²) in [6.07, 6.45) is 6.30.